The van der Waals surface area contributed by atoms with Gasteiger partial charge in [-0.15, -0.1) is 0 Å². The Morgan fingerprint density at radius 1 is 1.32 bits per heavy atom. The Kier molecular flexibility index (Phi) is 2.87. The molecule has 0 spiro atoms. The summed E-state index contributed by atoms with van der Waals surface area (Å²) in [6.45, 7) is 2.59. The van der Waals surface area contributed by atoms with Crippen molar-refractivity contribution >= 4 is 11.0 Å². The van der Waals surface area contributed by atoms with Gasteiger partial charge in [0.25, 0.3) is 0 Å². The van der Waals surface area contributed by atoms with Crippen molar-refractivity contribution in [2.45, 2.75) is 19.9 Å². The lowest BCUT2D eigenvalue weighted by molar-refractivity contribution is 0.620. The van der Waals surface area contributed by atoms with Gasteiger partial charge in [-0.3, -0.25) is 4.68 Å². The van der Waals surface area contributed by atoms with Crippen LogP contribution in [0.3, 0.4) is 0 Å². The summed E-state index contributed by atoms with van der Waals surface area (Å²) in [5, 5.41) is 5.66. The molecule has 0 atom stereocenters. The molecule has 0 aliphatic heterocycles. The molecule has 19 heavy (non-hydrogen) atoms. The third-order valence-electron chi connectivity index (χ3n) is 3.39. The van der Waals surface area contributed by atoms with E-state index in [0.29, 0.717) is 6.54 Å². The van der Waals surface area contributed by atoms with Crippen LogP contribution < -0.4 is 5.73 Å². The van der Waals surface area contributed by atoms with Crippen molar-refractivity contribution in [3.63, 3.8) is 0 Å². The van der Waals surface area contributed by atoms with E-state index in [4.69, 9.17) is 10.2 Å². The number of fused-ring (bicyclic) bond motifs is 1. The molecule has 0 bridgehead atoms. The molecule has 2 aromatic heterocycles. The van der Waals surface area contributed by atoms with E-state index in [1.54, 1.807) is 4.68 Å². The van der Waals surface area contributed by atoms with E-state index in [1.165, 1.54) is 5.56 Å². The third-order valence-corrected chi connectivity index (χ3v) is 3.39. The number of aryl methyl sites for hydroxylation is 2. The number of aromatic nitrogens is 2. The molecule has 0 saturated heterocycles. The Bertz CT molecular complexity index is 724. The Labute approximate surface area is 111 Å². The predicted octanol–water partition coefficient (Wildman–Crippen LogP) is 2.85. The van der Waals surface area contributed by atoms with E-state index in [0.717, 1.165) is 34.4 Å². The van der Waals surface area contributed by atoms with Crippen LogP contribution >= 0.6 is 0 Å². The fourth-order valence-electron chi connectivity index (χ4n) is 2.52. The molecule has 0 aliphatic carbocycles. The number of rotatable bonds is 3. The highest BCUT2D eigenvalue weighted by atomic mass is 16.3. The van der Waals surface area contributed by atoms with Crippen LogP contribution in [0, 0.1) is 0 Å². The third kappa shape index (κ3) is 1.85. The maximum absolute atomic E-state index is 6.00. The number of nitrogens with two attached hydrogens (primary N) is 1. The van der Waals surface area contributed by atoms with Gasteiger partial charge in [0.2, 0.25) is 0 Å². The lowest BCUT2D eigenvalue weighted by Crippen LogP contribution is -1.97. The van der Waals surface area contributed by atoms with Crippen molar-refractivity contribution < 1.29 is 4.42 Å². The fourth-order valence-corrected chi connectivity index (χ4v) is 2.52. The van der Waals surface area contributed by atoms with Gasteiger partial charge in [0.15, 0.2) is 5.76 Å². The van der Waals surface area contributed by atoms with Gasteiger partial charge < -0.3 is 10.2 Å². The zero-order valence-corrected chi connectivity index (χ0v) is 11.2. The molecule has 0 unspecified atom stereocenters. The van der Waals surface area contributed by atoms with Gasteiger partial charge in [-0.25, -0.2) is 0 Å². The summed E-state index contributed by atoms with van der Waals surface area (Å²) in [5.74, 6) is 0.852. The summed E-state index contributed by atoms with van der Waals surface area (Å²) in [5.41, 5.74) is 9.77. The summed E-state index contributed by atoms with van der Waals surface area (Å²) in [6, 6.07) is 8.09. The molecule has 3 rings (SSSR count). The first kappa shape index (κ1) is 12.0. The number of nitrogens with zero attached hydrogens (tertiary/aromatic N) is 2. The van der Waals surface area contributed by atoms with Crippen molar-refractivity contribution in [3.8, 4) is 11.5 Å². The molecule has 0 aliphatic rings. The van der Waals surface area contributed by atoms with Crippen LogP contribution in [0.25, 0.3) is 22.4 Å². The minimum Gasteiger partial charge on any atom is -0.454 e. The standard InChI is InChI=1S/C15H17N3O/c1-3-11-12-6-4-5-7-13(12)19-15(11)14-10(8-16)9-18(2)17-14/h4-7,9H,3,8,16H2,1-2H3. The van der Waals surface area contributed by atoms with Gasteiger partial charge in [-0.2, -0.15) is 5.10 Å². The van der Waals surface area contributed by atoms with Crippen molar-refractivity contribution in [1.82, 2.24) is 9.78 Å². The molecule has 98 valence electrons. The Hall–Kier alpha value is -2.07. The average molecular weight is 255 g/mol. The van der Waals surface area contributed by atoms with Crippen LogP contribution in [-0.4, -0.2) is 9.78 Å². The summed E-state index contributed by atoms with van der Waals surface area (Å²) in [6.07, 6.45) is 2.86. The predicted molar refractivity (Wildman–Crippen MR) is 75.7 cm³/mol. The van der Waals surface area contributed by atoms with Gasteiger partial charge >= 0.3 is 0 Å². The Balaban J connectivity index is 2.29. The minimum atomic E-state index is 0.462. The number of hydrogen-bond donors (Lipinski definition) is 1. The smallest absolute Gasteiger partial charge is 0.159 e. The van der Waals surface area contributed by atoms with E-state index in [-0.39, 0.29) is 0 Å². The van der Waals surface area contributed by atoms with E-state index >= 15 is 0 Å². The van der Waals surface area contributed by atoms with Crippen molar-refractivity contribution in [3.05, 3.63) is 41.6 Å². The Morgan fingerprint density at radius 3 is 2.84 bits per heavy atom. The second-order valence-electron chi connectivity index (χ2n) is 4.64. The zero-order chi connectivity index (χ0) is 13.4. The molecule has 2 heterocycles. The zero-order valence-electron chi connectivity index (χ0n) is 11.2. The summed E-state index contributed by atoms with van der Waals surface area (Å²) in [7, 11) is 1.90. The maximum Gasteiger partial charge on any atom is 0.159 e. The average Bonchev–Trinajstić information content (AvgIpc) is 2.98. The van der Waals surface area contributed by atoms with Gasteiger partial charge in [0, 0.05) is 36.3 Å². The van der Waals surface area contributed by atoms with E-state index < -0.39 is 0 Å². The van der Waals surface area contributed by atoms with Gasteiger partial charge in [0.1, 0.15) is 11.3 Å². The lowest BCUT2D eigenvalue weighted by atomic mass is 10.1. The second kappa shape index (κ2) is 4.55. The van der Waals surface area contributed by atoms with Gasteiger partial charge in [-0.1, -0.05) is 25.1 Å². The van der Waals surface area contributed by atoms with Crippen LogP contribution in [0.4, 0.5) is 0 Å². The lowest BCUT2D eigenvalue weighted by Gasteiger charge is -1.99. The van der Waals surface area contributed by atoms with Crippen molar-refractivity contribution in [2.75, 3.05) is 0 Å². The number of benzene rings is 1. The maximum atomic E-state index is 6.00. The summed E-state index contributed by atoms with van der Waals surface area (Å²) < 4.78 is 7.78. The van der Waals surface area contributed by atoms with Crippen molar-refractivity contribution in [1.29, 1.82) is 0 Å². The normalized spacial score (nSPS) is 11.3. The first-order chi connectivity index (χ1) is 9.24. The van der Waals surface area contributed by atoms with E-state index in [9.17, 15) is 0 Å². The molecule has 0 saturated carbocycles. The fraction of sp³-hybridized carbons (Fsp3) is 0.267. The summed E-state index contributed by atoms with van der Waals surface area (Å²) >= 11 is 0. The highest BCUT2D eigenvalue weighted by Gasteiger charge is 2.19. The van der Waals surface area contributed by atoms with Gasteiger partial charge in [0.05, 0.1) is 0 Å². The Morgan fingerprint density at radius 2 is 2.11 bits per heavy atom. The first-order valence-electron chi connectivity index (χ1n) is 6.48. The van der Waals surface area contributed by atoms with Crippen LogP contribution in [0.1, 0.15) is 18.1 Å². The molecule has 4 heteroatoms. The van der Waals surface area contributed by atoms with Crippen LogP contribution in [-0.2, 0) is 20.0 Å². The monoisotopic (exact) mass is 255 g/mol. The SMILES string of the molecule is CCc1c(-c2nn(C)cc2CN)oc2ccccc12. The molecular weight excluding hydrogens is 238 g/mol. The number of hydrogen-bond acceptors (Lipinski definition) is 3. The van der Waals surface area contributed by atoms with Gasteiger partial charge in [-0.05, 0) is 12.5 Å². The minimum absolute atomic E-state index is 0.462. The van der Waals surface area contributed by atoms with Crippen LogP contribution in [0.2, 0.25) is 0 Å². The molecule has 3 aromatic rings. The van der Waals surface area contributed by atoms with Crippen LogP contribution in [0.5, 0.6) is 0 Å². The molecule has 2 N–H and O–H groups in total. The highest BCUT2D eigenvalue weighted by molar-refractivity contribution is 5.87. The summed E-state index contributed by atoms with van der Waals surface area (Å²) in [4.78, 5) is 0. The molecular formula is C15H17N3O. The van der Waals surface area contributed by atoms with Crippen molar-refractivity contribution in [2.24, 2.45) is 12.8 Å². The molecule has 0 amide bonds. The molecule has 0 fully saturated rings. The number of furan rings is 1. The molecule has 1 aromatic carbocycles. The second-order valence-corrected chi connectivity index (χ2v) is 4.64. The molecule has 4 nitrogen and oxygen atoms in total. The highest BCUT2D eigenvalue weighted by Crippen LogP contribution is 2.34. The first-order valence-corrected chi connectivity index (χ1v) is 6.48. The largest absolute Gasteiger partial charge is 0.454 e. The van der Waals surface area contributed by atoms with E-state index in [2.05, 4.69) is 18.1 Å². The van der Waals surface area contributed by atoms with E-state index in [1.807, 2.05) is 31.4 Å². The number of para-hydroxylation sites is 1. The quantitative estimate of drug-likeness (QED) is 0.783. The van der Waals surface area contributed by atoms with Crippen LogP contribution in [0.15, 0.2) is 34.9 Å². The topological polar surface area (TPSA) is 57.0 Å². The molecule has 0 radical (unpaired) electrons.